The minimum Gasteiger partial charge on any atom is -0.329 e. The van der Waals surface area contributed by atoms with Crippen LogP contribution >= 0.6 is 11.3 Å². The molecule has 0 spiro atoms. The van der Waals surface area contributed by atoms with Crippen LogP contribution in [0.15, 0.2) is 65.3 Å². The predicted molar refractivity (Wildman–Crippen MR) is 99.2 cm³/mol. The van der Waals surface area contributed by atoms with E-state index in [1.807, 2.05) is 29.0 Å². The Morgan fingerprint density at radius 2 is 2.27 bits per heavy atom. The number of pyridine rings is 1. The minimum atomic E-state index is -0.406. The van der Waals surface area contributed by atoms with Crippen LogP contribution in [0, 0.1) is 0 Å². The van der Waals surface area contributed by atoms with Crippen LogP contribution < -0.4 is 5.32 Å². The summed E-state index contributed by atoms with van der Waals surface area (Å²) in [5.41, 5.74) is 3.31. The van der Waals surface area contributed by atoms with Crippen LogP contribution in [0.2, 0.25) is 0 Å². The lowest BCUT2D eigenvalue weighted by molar-refractivity contribution is -0.126. The van der Waals surface area contributed by atoms with E-state index < -0.39 is 6.04 Å². The highest BCUT2D eigenvalue weighted by Gasteiger charge is 2.43. The van der Waals surface area contributed by atoms with E-state index in [4.69, 9.17) is 0 Å². The highest BCUT2D eigenvalue weighted by molar-refractivity contribution is 7.08. The summed E-state index contributed by atoms with van der Waals surface area (Å²) in [7, 11) is 0. The van der Waals surface area contributed by atoms with Gasteiger partial charge in [0.1, 0.15) is 0 Å². The van der Waals surface area contributed by atoms with Crippen LogP contribution in [0.4, 0.5) is 4.79 Å². The van der Waals surface area contributed by atoms with Crippen LogP contribution in [-0.2, 0) is 11.3 Å². The van der Waals surface area contributed by atoms with Gasteiger partial charge in [0, 0.05) is 25.5 Å². The Balaban J connectivity index is 1.69. The van der Waals surface area contributed by atoms with E-state index in [1.165, 1.54) is 0 Å². The molecule has 0 aromatic carbocycles. The van der Waals surface area contributed by atoms with Crippen LogP contribution in [0.1, 0.15) is 17.2 Å². The molecule has 0 saturated carbocycles. The van der Waals surface area contributed by atoms with Crippen molar-refractivity contribution in [2.75, 3.05) is 13.1 Å². The first-order chi connectivity index (χ1) is 12.7. The first kappa shape index (κ1) is 16.5. The van der Waals surface area contributed by atoms with Crippen molar-refractivity contribution in [2.24, 2.45) is 0 Å². The summed E-state index contributed by atoms with van der Waals surface area (Å²) >= 11 is 1.55. The summed E-state index contributed by atoms with van der Waals surface area (Å²) in [4.78, 5) is 33.2. The zero-order valence-corrected chi connectivity index (χ0v) is 14.9. The van der Waals surface area contributed by atoms with Gasteiger partial charge in [0.15, 0.2) is 0 Å². The van der Waals surface area contributed by atoms with Gasteiger partial charge < -0.3 is 10.2 Å². The number of carbonyl (C=O) groups is 2. The second-order valence-corrected chi connectivity index (χ2v) is 7.00. The number of hydrogen-bond donors (Lipinski definition) is 1. The molecule has 1 N–H and O–H groups in total. The molecule has 1 unspecified atom stereocenters. The Labute approximate surface area is 155 Å². The molecule has 1 atom stereocenters. The number of thiophene rings is 1. The average Bonchev–Trinajstić information content (AvgIpc) is 3.28. The van der Waals surface area contributed by atoms with E-state index in [0.29, 0.717) is 25.2 Å². The van der Waals surface area contributed by atoms with Crippen molar-refractivity contribution < 1.29 is 9.59 Å². The number of urea groups is 1. The van der Waals surface area contributed by atoms with Gasteiger partial charge in [-0.25, -0.2) is 4.79 Å². The normalized spacial score (nSPS) is 19.6. The van der Waals surface area contributed by atoms with Gasteiger partial charge in [0.25, 0.3) is 5.91 Å². The maximum absolute atomic E-state index is 13.2. The van der Waals surface area contributed by atoms with Crippen molar-refractivity contribution in [1.82, 2.24) is 20.1 Å². The molecule has 2 aromatic rings. The smallest absolute Gasteiger partial charge is 0.322 e. The molecule has 132 valence electrons. The molecule has 0 bridgehead atoms. The van der Waals surface area contributed by atoms with E-state index in [2.05, 4.69) is 16.9 Å². The number of rotatable bonds is 5. The maximum atomic E-state index is 13.2. The van der Waals surface area contributed by atoms with Gasteiger partial charge in [-0.15, -0.1) is 6.58 Å². The second-order valence-electron chi connectivity index (χ2n) is 6.22. The SMILES string of the molecule is C=CCN1C(=O)NC(c2ccsc2)C2=C1CN(Cc1cccnc1)C2=O. The van der Waals surface area contributed by atoms with Crippen molar-refractivity contribution >= 4 is 23.3 Å². The fourth-order valence-corrected chi connectivity index (χ4v) is 4.09. The summed E-state index contributed by atoms with van der Waals surface area (Å²) in [6.45, 7) is 4.97. The summed E-state index contributed by atoms with van der Waals surface area (Å²) in [5, 5.41) is 6.89. The first-order valence-corrected chi connectivity index (χ1v) is 9.25. The topological polar surface area (TPSA) is 65.5 Å². The Kier molecular flexibility index (Phi) is 4.30. The lowest BCUT2D eigenvalue weighted by Crippen LogP contribution is -2.47. The van der Waals surface area contributed by atoms with Gasteiger partial charge in [0.2, 0.25) is 0 Å². The van der Waals surface area contributed by atoms with Gasteiger partial charge in [-0.2, -0.15) is 11.3 Å². The van der Waals surface area contributed by atoms with E-state index in [1.54, 1.807) is 39.6 Å². The summed E-state index contributed by atoms with van der Waals surface area (Å²) in [6, 6.07) is 5.14. The lowest BCUT2D eigenvalue weighted by Gasteiger charge is -2.32. The van der Waals surface area contributed by atoms with E-state index in [0.717, 1.165) is 16.8 Å². The van der Waals surface area contributed by atoms with Gasteiger partial charge in [-0.05, 0) is 34.0 Å². The summed E-state index contributed by atoms with van der Waals surface area (Å²) in [6.07, 6.45) is 5.13. The van der Waals surface area contributed by atoms with Gasteiger partial charge >= 0.3 is 6.03 Å². The van der Waals surface area contributed by atoms with E-state index in [-0.39, 0.29) is 11.9 Å². The molecule has 4 heterocycles. The molecule has 2 aromatic heterocycles. The number of nitrogens with zero attached hydrogens (tertiary/aromatic N) is 3. The Morgan fingerprint density at radius 1 is 1.38 bits per heavy atom. The summed E-state index contributed by atoms with van der Waals surface area (Å²) < 4.78 is 0. The Hall–Kier alpha value is -2.93. The second kappa shape index (κ2) is 6.76. The Bertz CT molecular complexity index is 876. The van der Waals surface area contributed by atoms with Crippen LogP contribution in [-0.4, -0.2) is 39.8 Å². The highest BCUT2D eigenvalue weighted by atomic mass is 32.1. The van der Waals surface area contributed by atoms with Crippen LogP contribution in [0.3, 0.4) is 0 Å². The quantitative estimate of drug-likeness (QED) is 0.828. The third-order valence-electron chi connectivity index (χ3n) is 4.58. The van der Waals surface area contributed by atoms with Gasteiger partial charge in [-0.3, -0.25) is 14.7 Å². The van der Waals surface area contributed by atoms with Crippen molar-refractivity contribution in [3.8, 4) is 0 Å². The molecule has 26 heavy (non-hydrogen) atoms. The molecule has 2 aliphatic rings. The van der Waals surface area contributed by atoms with Gasteiger partial charge in [0.05, 0.1) is 23.9 Å². The summed E-state index contributed by atoms with van der Waals surface area (Å²) in [5.74, 6) is -0.0471. The molecule has 3 amide bonds. The fourth-order valence-electron chi connectivity index (χ4n) is 3.40. The van der Waals surface area contributed by atoms with E-state index >= 15 is 0 Å². The number of hydrogen-bond acceptors (Lipinski definition) is 4. The van der Waals surface area contributed by atoms with Crippen molar-refractivity contribution in [3.05, 3.63) is 76.4 Å². The monoisotopic (exact) mass is 366 g/mol. The standard InChI is InChI=1S/C19H18N4O2S/c1-2-7-23-15-11-22(10-13-4-3-6-20-9-13)18(24)16(15)17(21-19(23)25)14-5-8-26-12-14/h2-6,8-9,12,17H,1,7,10-11H2,(H,21,25). The number of carbonyl (C=O) groups excluding carboxylic acids is 2. The molecule has 4 rings (SSSR count). The zero-order chi connectivity index (χ0) is 18.1. The maximum Gasteiger partial charge on any atom is 0.322 e. The molecule has 7 heteroatoms. The van der Waals surface area contributed by atoms with Crippen LogP contribution in [0.25, 0.3) is 0 Å². The average molecular weight is 366 g/mol. The molecule has 6 nitrogen and oxygen atoms in total. The minimum absolute atomic E-state index is 0.0471. The third kappa shape index (κ3) is 2.80. The number of nitrogens with one attached hydrogen (secondary N) is 1. The van der Waals surface area contributed by atoms with E-state index in [9.17, 15) is 9.59 Å². The largest absolute Gasteiger partial charge is 0.329 e. The van der Waals surface area contributed by atoms with Crippen LogP contribution in [0.5, 0.6) is 0 Å². The molecule has 2 aliphatic heterocycles. The predicted octanol–water partition coefficient (Wildman–Crippen LogP) is 2.69. The van der Waals surface area contributed by atoms with Crippen molar-refractivity contribution in [1.29, 1.82) is 0 Å². The molecular weight excluding hydrogens is 348 g/mol. The Morgan fingerprint density at radius 3 is 2.96 bits per heavy atom. The number of aromatic nitrogens is 1. The zero-order valence-electron chi connectivity index (χ0n) is 14.1. The molecule has 0 radical (unpaired) electrons. The van der Waals surface area contributed by atoms with Gasteiger partial charge in [-0.1, -0.05) is 12.1 Å². The first-order valence-electron chi connectivity index (χ1n) is 8.31. The molecular formula is C19H18N4O2S. The highest BCUT2D eigenvalue weighted by Crippen LogP contribution is 2.37. The molecule has 0 saturated heterocycles. The van der Waals surface area contributed by atoms with Crippen molar-refractivity contribution in [3.63, 3.8) is 0 Å². The number of amides is 3. The molecule has 0 fully saturated rings. The molecule has 0 aliphatic carbocycles. The lowest BCUT2D eigenvalue weighted by atomic mass is 9.98. The fraction of sp³-hybridized carbons (Fsp3) is 0.211. The van der Waals surface area contributed by atoms with Crippen molar-refractivity contribution in [2.45, 2.75) is 12.6 Å². The third-order valence-corrected chi connectivity index (χ3v) is 5.28.